The molecule has 1 aromatic heterocycles. The van der Waals surface area contributed by atoms with Gasteiger partial charge in [0.15, 0.2) is 0 Å². The van der Waals surface area contributed by atoms with E-state index in [9.17, 15) is 9.59 Å². The van der Waals surface area contributed by atoms with Crippen LogP contribution < -0.4 is 0 Å². The molecule has 1 aliphatic rings. The number of carbonyl (C=O) groups is 2. The molecule has 4 heteroatoms. The summed E-state index contributed by atoms with van der Waals surface area (Å²) in [5, 5.41) is 0. The first kappa shape index (κ1) is 12.7. The summed E-state index contributed by atoms with van der Waals surface area (Å²) in [5.41, 5.74) is 2.26. The van der Waals surface area contributed by atoms with Gasteiger partial charge < -0.3 is 0 Å². The van der Waals surface area contributed by atoms with Crippen LogP contribution in [0.5, 0.6) is 0 Å². The Morgan fingerprint density at radius 1 is 1.22 bits per heavy atom. The number of aromatic nitrogens is 1. The standard InChI is InChI=1S/C14H18N2O2/c1-8(2)12-6-11-10(7-15-12)5-13(17)16(9(3)4)14(11)18/h6-9H,5H2,1-4H3. The maximum Gasteiger partial charge on any atom is 0.261 e. The molecule has 0 saturated heterocycles. The summed E-state index contributed by atoms with van der Waals surface area (Å²) in [5.74, 6) is -0.0598. The van der Waals surface area contributed by atoms with Crippen LogP contribution in [-0.2, 0) is 11.2 Å². The van der Waals surface area contributed by atoms with Gasteiger partial charge in [-0.05, 0) is 31.4 Å². The van der Waals surface area contributed by atoms with E-state index in [2.05, 4.69) is 4.98 Å². The quantitative estimate of drug-likeness (QED) is 0.751. The molecule has 1 aliphatic heterocycles. The fourth-order valence-electron chi connectivity index (χ4n) is 2.17. The summed E-state index contributed by atoms with van der Waals surface area (Å²) in [6.07, 6.45) is 1.93. The van der Waals surface area contributed by atoms with Gasteiger partial charge in [-0.15, -0.1) is 0 Å². The van der Waals surface area contributed by atoms with E-state index < -0.39 is 0 Å². The molecule has 0 bridgehead atoms. The summed E-state index contributed by atoms with van der Waals surface area (Å²) in [7, 11) is 0. The van der Waals surface area contributed by atoms with E-state index in [0.29, 0.717) is 5.56 Å². The molecule has 1 aromatic rings. The van der Waals surface area contributed by atoms with Gasteiger partial charge in [-0.3, -0.25) is 19.5 Å². The van der Waals surface area contributed by atoms with Crippen LogP contribution in [0.25, 0.3) is 0 Å². The summed E-state index contributed by atoms with van der Waals surface area (Å²) in [4.78, 5) is 29.9. The molecule has 18 heavy (non-hydrogen) atoms. The summed E-state index contributed by atoms with van der Waals surface area (Å²) >= 11 is 0. The van der Waals surface area contributed by atoms with Crippen molar-refractivity contribution in [3.05, 3.63) is 29.1 Å². The van der Waals surface area contributed by atoms with Crippen molar-refractivity contribution in [3.8, 4) is 0 Å². The Kier molecular flexibility index (Phi) is 3.20. The second-order valence-corrected chi connectivity index (χ2v) is 5.26. The molecule has 2 heterocycles. The molecule has 0 spiro atoms. The van der Waals surface area contributed by atoms with E-state index in [1.807, 2.05) is 33.8 Å². The third-order valence-corrected chi connectivity index (χ3v) is 3.18. The molecule has 2 rings (SSSR count). The fourth-order valence-corrected chi connectivity index (χ4v) is 2.17. The van der Waals surface area contributed by atoms with E-state index >= 15 is 0 Å². The molecule has 0 atom stereocenters. The Morgan fingerprint density at radius 2 is 1.89 bits per heavy atom. The van der Waals surface area contributed by atoms with Crippen molar-refractivity contribution in [2.75, 3.05) is 0 Å². The normalized spacial score (nSPS) is 15.6. The first-order valence-corrected chi connectivity index (χ1v) is 6.27. The molecule has 0 aromatic carbocycles. The fraction of sp³-hybridized carbons (Fsp3) is 0.500. The van der Waals surface area contributed by atoms with Crippen LogP contribution in [0, 0.1) is 0 Å². The third-order valence-electron chi connectivity index (χ3n) is 3.18. The predicted molar refractivity (Wildman–Crippen MR) is 68.3 cm³/mol. The number of amides is 2. The lowest BCUT2D eigenvalue weighted by Crippen LogP contribution is -2.46. The Bertz CT molecular complexity index is 507. The monoisotopic (exact) mass is 246 g/mol. The maximum atomic E-state index is 12.3. The zero-order valence-corrected chi connectivity index (χ0v) is 11.2. The van der Waals surface area contributed by atoms with Crippen molar-refractivity contribution in [1.29, 1.82) is 0 Å². The first-order chi connectivity index (χ1) is 8.41. The lowest BCUT2D eigenvalue weighted by Gasteiger charge is -2.30. The Balaban J connectivity index is 2.48. The number of rotatable bonds is 2. The highest BCUT2D eigenvalue weighted by atomic mass is 16.2. The average Bonchev–Trinajstić information content (AvgIpc) is 2.27. The van der Waals surface area contributed by atoms with Gasteiger partial charge in [-0.1, -0.05) is 13.8 Å². The van der Waals surface area contributed by atoms with Gasteiger partial charge in [0.2, 0.25) is 5.91 Å². The van der Waals surface area contributed by atoms with Crippen LogP contribution in [0.2, 0.25) is 0 Å². The maximum absolute atomic E-state index is 12.3. The number of hydrogen-bond acceptors (Lipinski definition) is 3. The van der Waals surface area contributed by atoms with Crippen molar-refractivity contribution in [1.82, 2.24) is 9.88 Å². The highest BCUT2D eigenvalue weighted by Gasteiger charge is 2.33. The number of nitrogens with zero attached hydrogens (tertiary/aromatic N) is 2. The molecule has 0 saturated carbocycles. The lowest BCUT2D eigenvalue weighted by molar-refractivity contribution is -0.129. The van der Waals surface area contributed by atoms with Crippen LogP contribution in [-0.4, -0.2) is 27.7 Å². The molecule has 2 amide bonds. The van der Waals surface area contributed by atoms with Gasteiger partial charge in [-0.25, -0.2) is 0 Å². The number of carbonyl (C=O) groups excluding carboxylic acids is 2. The summed E-state index contributed by atoms with van der Waals surface area (Å²) in [6, 6.07) is 1.72. The van der Waals surface area contributed by atoms with Crippen LogP contribution in [0.4, 0.5) is 0 Å². The van der Waals surface area contributed by atoms with Gasteiger partial charge in [0.25, 0.3) is 5.91 Å². The van der Waals surface area contributed by atoms with Crippen LogP contribution in [0.15, 0.2) is 12.3 Å². The molecule has 0 fully saturated rings. The van der Waals surface area contributed by atoms with Gasteiger partial charge in [-0.2, -0.15) is 0 Å². The molecular weight excluding hydrogens is 228 g/mol. The summed E-state index contributed by atoms with van der Waals surface area (Å²) < 4.78 is 0. The third kappa shape index (κ3) is 2.03. The number of imide groups is 1. The molecule has 0 radical (unpaired) electrons. The van der Waals surface area contributed by atoms with E-state index in [0.717, 1.165) is 11.3 Å². The van der Waals surface area contributed by atoms with Gasteiger partial charge in [0.1, 0.15) is 0 Å². The zero-order valence-electron chi connectivity index (χ0n) is 11.2. The van der Waals surface area contributed by atoms with Crippen LogP contribution in [0.3, 0.4) is 0 Å². The van der Waals surface area contributed by atoms with Crippen molar-refractivity contribution in [2.45, 2.75) is 46.1 Å². The van der Waals surface area contributed by atoms with Crippen molar-refractivity contribution < 1.29 is 9.59 Å². The molecule has 0 unspecified atom stereocenters. The second kappa shape index (κ2) is 4.52. The van der Waals surface area contributed by atoms with Crippen LogP contribution in [0.1, 0.15) is 55.2 Å². The second-order valence-electron chi connectivity index (χ2n) is 5.26. The van der Waals surface area contributed by atoms with Gasteiger partial charge >= 0.3 is 0 Å². The van der Waals surface area contributed by atoms with E-state index in [1.54, 1.807) is 6.20 Å². The smallest absolute Gasteiger partial charge is 0.261 e. The van der Waals surface area contributed by atoms with Crippen LogP contribution >= 0.6 is 0 Å². The Morgan fingerprint density at radius 3 is 2.44 bits per heavy atom. The highest BCUT2D eigenvalue weighted by molar-refractivity contribution is 6.09. The SMILES string of the molecule is CC(C)c1cc2c(cn1)CC(=O)N(C(C)C)C2=O. The first-order valence-electron chi connectivity index (χ1n) is 6.27. The molecule has 96 valence electrons. The Hall–Kier alpha value is -1.71. The highest BCUT2D eigenvalue weighted by Crippen LogP contribution is 2.23. The lowest BCUT2D eigenvalue weighted by atomic mass is 9.96. The number of fused-ring (bicyclic) bond motifs is 1. The molecular formula is C14H18N2O2. The van der Waals surface area contributed by atoms with Gasteiger partial charge in [0.05, 0.1) is 6.42 Å². The largest absolute Gasteiger partial charge is 0.276 e. The van der Waals surface area contributed by atoms with E-state index in [4.69, 9.17) is 0 Å². The molecule has 0 aliphatic carbocycles. The van der Waals surface area contributed by atoms with Crippen molar-refractivity contribution in [2.24, 2.45) is 0 Å². The minimum absolute atomic E-state index is 0.103. The van der Waals surface area contributed by atoms with E-state index in [-0.39, 0.29) is 30.2 Å². The van der Waals surface area contributed by atoms with Gasteiger partial charge in [0, 0.05) is 23.5 Å². The topological polar surface area (TPSA) is 50.3 Å². The minimum atomic E-state index is -0.194. The van der Waals surface area contributed by atoms with Crippen molar-refractivity contribution in [3.63, 3.8) is 0 Å². The number of pyridine rings is 1. The number of hydrogen-bond donors (Lipinski definition) is 0. The summed E-state index contributed by atoms with van der Waals surface area (Å²) in [6.45, 7) is 7.78. The van der Waals surface area contributed by atoms with E-state index in [1.165, 1.54) is 4.90 Å². The van der Waals surface area contributed by atoms with Crippen molar-refractivity contribution >= 4 is 11.8 Å². The molecule has 0 N–H and O–H groups in total. The Labute approximate surface area is 107 Å². The molecule has 4 nitrogen and oxygen atoms in total. The predicted octanol–water partition coefficient (Wildman–Crippen LogP) is 2.14. The zero-order chi connectivity index (χ0) is 13.4. The average molecular weight is 246 g/mol. The minimum Gasteiger partial charge on any atom is -0.276 e.